The Bertz CT molecular complexity index is 825. The molecule has 122 valence electrons. The van der Waals surface area contributed by atoms with Crippen LogP contribution in [0.1, 0.15) is 5.56 Å². The molecule has 0 saturated carbocycles. The van der Waals surface area contributed by atoms with Crippen LogP contribution in [-0.2, 0) is 9.59 Å². The van der Waals surface area contributed by atoms with Crippen LogP contribution in [0.5, 0.6) is 0 Å². The third-order valence-corrected chi connectivity index (χ3v) is 3.90. The number of amides is 2. The molecule has 1 fully saturated rings. The van der Waals surface area contributed by atoms with E-state index in [1.807, 2.05) is 0 Å². The lowest BCUT2D eigenvalue weighted by atomic mass is 10.2. The van der Waals surface area contributed by atoms with Gasteiger partial charge in [0, 0.05) is 10.6 Å². The summed E-state index contributed by atoms with van der Waals surface area (Å²) < 4.78 is 13.8. The molecule has 0 aromatic heterocycles. The summed E-state index contributed by atoms with van der Waals surface area (Å²) in [5, 5.41) is 5.58. The Morgan fingerprint density at radius 2 is 1.71 bits per heavy atom. The van der Waals surface area contributed by atoms with Crippen molar-refractivity contribution in [1.29, 1.82) is 0 Å². The molecular weight excluding hydrogens is 333 g/mol. The van der Waals surface area contributed by atoms with Crippen molar-refractivity contribution in [2.75, 3.05) is 18.0 Å². The molecule has 1 heterocycles. The van der Waals surface area contributed by atoms with Gasteiger partial charge in [0.15, 0.2) is 0 Å². The summed E-state index contributed by atoms with van der Waals surface area (Å²) in [5.41, 5.74) is 0.724. The number of hydrogen-bond donors (Lipinski definition) is 0. The number of para-hydroxylation sites is 1. The van der Waals surface area contributed by atoms with Crippen LogP contribution in [0.4, 0.5) is 10.1 Å². The maximum Gasteiger partial charge on any atom is 0.263 e. The summed E-state index contributed by atoms with van der Waals surface area (Å²) in [6.07, 6.45) is 1.42. The van der Waals surface area contributed by atoms with Crippen LogP contribution in [0.15, 0.2) is 53.6 Å². The first kappa shape index (κ1) is 16.1. The zero-order valence-electron chi connectivity index (χ0n) is 12.5. The molecule has 7 heteroatoms. The number of nitrogens with zero attached hydrogens (tertiary/aromatic N) is 3. The third kappa shape index (κ3) is 3.28. The number of benzene rings is 2. The highest BCUT2D eigenvalue weighted by Gasteiger charge is 2.31. The van der Waals surface area contributed by atoms with E-state index in [4.69, 9.17) is 11.6 Å². The zero-order valence-corrected chi connectivity index (χ0v) is 13.3. The minimum atomic E-state index is -0.549. The number of hydrazone groups is 1. The maximum atomic E-state index is 13.8. The van der Waals surface area contributed by atoms with Gasteiger partial charge in [0.2, 0.25) is 5.91 Å². The van der Waals surface area contributed by atoms with Crippen molar-refractivity contribution >= 4 is 35.3 Å². The quantitative estimate of drug-likeness (QED) is 0.803. The molecule has 3 rings (SSSR count). The van der Waals surface area contributed by atoms with Crippen LogP contribution in [-0.4, -0.2) is 36.1 Å². The molecule has 0 unspecified atom stereocenters. The highest BCUT2D eigenvalue weighted by molar-refractivity contribution is 6.33. The summed E-state index contributed by atoms with van der Waals surface area (Å²) in [6, 6.07) is 12.9. The van der Waals surface area contributed by atoms with E-state index in [2.05, 4.69) is 5.10 Å². The average molecular weight is 346 g/mol. The predicted octanol–water partition coefficient (Wildman–Crippen LogP) is 2.69. The van der Waals surface area contributed by atoms with Crippen LogP contribution in [0.2, 0.25) is 5.02 Å². The van der Waals surface area contributed by atoms with Crippen molar-refractivity contribution in [2.45, 2.75) is 0 Å². The molecule has 0 spiro atoms. The molecule has 2 amide bonds. The molecule has 0 radical (unpaired) electrons. The molecule has 2 aromatic rings. The number of piperazine rings is 1. The SMILES string of the molecule is O=C1CN(c2ccccc2F)C(=O)CN1/N=C\c1ccccc1Cl. The van der Waals surface area contributed by atoms with Gasteiger partial charge in [-0.15, -0.1) is 0 Å². The van der Waals surface area contributed by atoms with Gasteiger partial charge in [-0.25, -0.2) is 9.40 Å². The second-order valence-corrected chi connectivity index (χ2v) is 5.56. The van der Waals surface area contributed by atoms with E-state index in [1.54, 1.807) is 30.3 Å². The van der Waals surface area contributed by atoms with E-state index in [0.29, 0.717) is 10.6 Å². The van der Waals surface area contributed by atoms with E-state index in [9.17, 15) is 14.0 Å². The molecule has 1 saturated heterocycles. The summed E-state index contributed by atoms with van der Waals surface area (Å²) in [7, 11) is 0. The van der Waals surface area contributed by atoms with Crippen molar-refractivity contribution in [3.63, 3.8) is 0 Å². The van der Waals surface area contributed by atoms with Crippen LogP contribution in [0.25, 0.3) is 0 Å². The first-order valence-corrected chi connectivity index (χ1v) is 7.58. The summed E-state index contributed by atoms with van der Waals surface area (Å²) in [6.45, 7) is -0.520. The Labute approximate surface area is 142 Å². The minimum Gasteiger partial charge on any atom is -0.298 e. The number of hydrogen-bond acceptors (Lipinski definition) is 3. The molecule has 0 N–H and O–H groups in total. The predicted molar refractivity (Wildman–Crippen MR) is 89.5 cm³/mol. The van der Waals surface area contributed by atoms with E-state index in [1.165, 1.54) is 24.4 Å². The molecular formula is C17H13ClFN3O2. The third-order valence-electron chi connectivity index (χ3n) is 3.55. The van der Waals surface area contributed by atoms with Crippen molar-refractivity contribution in [1.82, 2.24) is 5.01 Å². The highest BCUT2D eigenvalue weighted by atomic mass is 35.5. The fraction of sp³-hybridized carbons (Fsp3) is 0.118. The summed E-state index contributed by atoms with van der Waals surface area (Å²) >= 11 is 6.02. The lowest BCUT2D eigenvalue weighted by Crippen LogP contribution is -2.52. The van der Waals surface area contributed by atoms with E-state index < -0.39 is 17.6 Å². The summed E-state index contributed by atoms with van der Waals surface area (Å²) in [5.74, 6) is -1.36. The number of anilines is 1. The molecule has 2 aromatic carbocycles. The highest BCUT2D eigenvalue weighted by Crippen LogP contribution is 2.21. The lowest BCUT2D eigenvalue weighted by molar-refractivity contribution is -0.138. The Kier molecular flexibility index (Phi) is 4.57. The fourth-order valence-electron chi connectivity index (χ4n) is 2.31. The number of rotatable bonds is 3. The Balaban J connectivity index is 1.77. The van der Waals surface area contributed by atoms with Crippen molar-refractivity contribution < 1.29 is 14.0 Å². The molecule has 0 bridgehead atoms. The largest absolute Gasteiger partial charge is 0.298 e. The van der Waals surface area contributed by atoms with Crippen molar-refractivity contribution in [2.24, 2.45) is 5.10 Å². The van der Waals surface area contributed by atoms with Crippen LogP contribution >= 0.6 is 11.6 Å². The van der Waals surface area contributed by atoms with Gasteiger partial charge in [-0.3, -0.25) is 14.5 Å². The number of carbonyl (C=O) groups is 2. The van der Waals surface area contributed by atoms with Crippen LogP contribution in [0, 0.1) is 5.82 Å². The van der Waals surface area contributed by atoms with Gasteiger partial charge in [-0.05, 0) is 18.2 Å². The lowest BCUT2D eigenvalue weighted by Gasteiger charge is -2.31. The van der Waals surface area contributed by atoms with Gasteiger partial charge in [0.25, 0.3) is 5.91 Å². The van der Waals surface area contributed by atoms with Gasteiger partial charge in [-0.2, -0.15) is 5.10 Å². The van der Waals surface area contributed by atoms with Crippen molar-refractivity contribution in [3.05, 3.63) is 64.9 Å². The number of carbonyl (C=O) groups excluding carboxylic acids is 2. The van der Waals surface area contributed by atoms with Gasteiger partial charge in [0.1, 0.15) is 18.9 Å². The number of halogens is 2. The standard InChI is InChI=1S/C17H13ClFN3O2/c18-13-6-2-1-5-12(13)9-20-22-11-16(23)21(10-17(22)24)15-8-4-3-7-14(15)19/h1-9H,10-11H2/b20-9-. The van der Waals surface area contributed by atoms with Crippen molar-refractivity contribution in [3.8, 4) is 0 Å². The van der Waals surface area contributed by atoms with E-state index in [-0.39, 0.29) is 18.8 Å². The van der Waals surface area contributed by atoms with E-state index >= 15 is 0 Å². The van der Waals surface area contributed by atoms with Crippen LogP contribution < -0.4 is 4.90 Å². The van der Waals surface area contributed by atoms with Gasteiger partial charge in [0.05, 0.1) is 11.9 Å². The molecule has 0 atom stereocenters. The second kappa shape index (κ2) is 6.80. The second-order valence-electron chi connectivity index (χ2n) is 5.15. The normalized spacial score (nSPS) is 15.4. The average Bonchev–Trinajstić information content (AvgIpc) is 2.57. The Morgan fingerprint density at radius 1 is 1.00 bits per heavy atom. The summed E-state index contributed by atoms with van der Waals surface area (Å²) in [4.78, 5) is 25.6. The molecule has 1 aliphatic heterocycles. The maximum absolute atomic E-state index is 13.8. The molecule has 1 aliphatic rings. The smallest absolute Gasteiger partial charge is 0.263 e. The van der Waals surface area contributed by atoms with Gasteiger partial charge < -0.3 is 0 Å². The first-order chi connectivity index (χ1) is 11.6. The van der Waals surface area contributed by atoms with E-state index in [0.717, 1.165) is 9.91 Å². The Hall–Kier alpha value is -2.73. The molecule has 5 nitrogen and oxygen atoms in total. The minimum absolute atomic E-state index is 0.0885. The van der Waals surface area contributed by atoms with Gasteiger partial charge in [-0.1, -0.05) is 41.9 Å². The zero-order chi connectivity index (χ0) is 17.1. The molecule has 0 aliphatic carbocycles. The first-order valence-electron chi connectivity index (χ1n) is 7.20. The van der Waals surface area contributed by atoms with Gasteiger partial charge >= 0.3 is 0 Å². The fourth-order valence-corrected chi connectivity index (χ4v) is 2.50. The van der Waals surface area contributed by atoms with Crippen LogP contribution in [0.3, 0.4) is 0 Å². The molecule has 24 heavy (non-hydrogen) atoms. The monoisotopic (exact) mass is 345 g/mol. The Morgan fingerprint density at radius 3 is 2.46 bits per heavy atom. The topological polar surface area (TPSA) is 53.0 Å².